The van der Waals surface area contributed by atoms with E-state index in [0.717, 1.165) is 0 Å². The number of pyridine rings is 2. The van der Waals surface area contributed by atoms with Crippen LogP contribution in [0.1, 0.15) is 26.3 Å². The molecule has 32 heavy (non-hydrogen) atoms. The molecule has 0 aliphatic rings. The lowest BCUT2D eigenvalue weighted by Crippen LogP contribution is -2.46. The summed E-state index contributed by atoms with van der Waals surface area (Å²) in [7, 11) is 0.613. The highest BCUT2D eigenvalue weighted by atomic mass is 28.3. The lowest BCUT2D eigenvalue weighted by atomic mass is 9.98. The molecule has 0 fully saturated rings. The average molecular weight is 436 g/mol. The van der Waals surface area contributed by atoms with Gasteiger partial charge in [0.2, 0.25) is 5.52 Å². The summed E-state index contributed by atoms with van der Waals surface area (Å²) in [5.74, 6) is 0. The molecule has 6 aromatic rings. The van der Waals surface area contributed by atoms with Crippen molar-refractivity contribution in [1.29, 1.82) is 0 Å². The van der Waals surface area contributed by atoms with Gasteiger partial charge in [-0.05, 0) is 29.1 Å². The number of fused-ring (bicyclic) bond motifs is 5. The van der Waals surface area contributed by atoms with Crippen LogP contribution in [0.2, 0.25) is 18.1 Å². The van der Waals surface area contributed by atoms with E-state index in [1.54, 1.807) is 5.19 Å². The van der Waals surface area contributed by atoms with E-state index >= 15 is 0 Å². The molecule has 0 aliphatic heterocycles. The van der Waals surface area contributed by atoms with Gasteiger partial charge in [0, 0.05) is 22.2 Å². The van der Waals surface area contributed by atoms with Crippen LogP contribution in [0.5, 0.6) is 0 Å². The zero-order chi connectivity index (χ0) is 22.2. The van der Waals surface area contributed by atoms with Crippen molar-refractivity contribution in [3.63, 3.8) is 0 Å². The van der Waals surface area contributed by atoms with Gasteiger partial charge >= 0.3 is 0 Å². The maximum absolute atomic E-state index is 2.63. The molecule has 0 atom stereocenters. The highest BCUT2D eigenvalue weighted by molar-refractivity contribution is 6.93. The van der Waals surface area contributed by atoms with E-state index in [0.29, 0.717) is 0 Å². The fraction of sp³-hybridized carbons (Fsp3) is 0.276. The minimum Gasteiger partial charge on any atom is -0.303 e. The van der Waals surface area contributed by atoms with Gasteiger partial charge in [0.05, 0.1) is 24.5 Å². The molecule has 2 nitrogen and oxygen atoms in total. The third-order valence-electron chi connectivity index (χ3n) is 8.38. The van der Waals surface area contributed by atoms with Crippen molar-refractivity contribution in [2.45, 2.75) is 45.8 Å². The van der Waals surface area contributed by atoms with Crippen molar-refractivity contribution in [2.24, 2.45) is 7.05 Å². The first kappa shape index (κ1) is 19.7. The Bertz CT molecular complexity index is 1640. The molecule has 0 aliphatic carbocycles. The van der Waals surface area contributed by atoms with Crippen molar-refractivity contribution >= 4 is 62.3 Å². The van der Waals surface area contributed by atoms with E-state index in [1.807, 2.05) is 0 Å². The van der Waals surface area contributed by atoms with Gasteiger partial charge in [-0.1, -0.05) is 81.4 Å². The van der Waals surface area contributed by atoms with Crippen LogP contribution >= 0.6 is 0 Å². The molecule has 160 valence electrons. The molecule has 6 rings (SSSR count). The Morgan fingerprint density at radius 2 is 1.50 bits per heavy atom. The number of benzene rings is 3. The topological polar surface area (TPSA) is 8.29 Å². The Labute approximate surface area is 190 Å². The number of hydrogen-bond acceptors (Lipinski definition) is 0. The molecule has 0 amide bonds. The zero-order valence-corrected chi connectivity index (χ0v) is 20.8. The van der Waals surface area contributed by atoms with Crippen LogP contribution in [-0.4, -0.2) is 12.5 Å². The highest BCUT2D eigenvalue weighted by Gasteiger charge is 2.33. The summed E-state index contributed by atoms with van der Waals surface area (Å²) in [5, 5.41) is 8.55. The molecule has 0 radical (unpaired) electrons. The number of rotatable bonds is 4. The summed E-state index contributed by atoms with van der Waals surface area (Å²) in [4.78, 5) is 0. The normalized spacial score (nSPS) is 12.9. The zero-order valence-electron chi connectivity index (χ0n) is 19.8. The molecule has 0 bridgehead atoms. The van der Waals surface area contributed by atoms with Crippen LogP contribution in [0.25, 0.3) is 49.0 Å². The first-order valence-corrected chi connectivity index (χ1v) is 14.7. The second-order valence-corrected chi connectivity index (χ2v) is 14.8. The molecule has 0 N–H and O–H groups in total. The largest absolute Gasteiger partial charge is 0.303 e. The monoisotopic (exact) mass is 435 g/mol. The lowest BCUT2D eigenvalue weighted by molar-refractivity contribution is -0.644. The van der Waals surface area contributed by atoms with Gasteiger partial charge in [-0.3, -0.25) is 0 Å². The Hall–Kier alpha value is -2.91. The molecule has 0 spiro atoms. The Balaban J connectivity index is 2.03. The summed E-state index contributed by atoms with van der Waals surface area (Å²) in [6.07, 6.45) is 2.25. The first-order valence-electron chi connectivity index (χ1n) is 12.1. The summed E-state index contributed by atoms with van der Waals surface area (Å²) in [6.45, 7) is 9.52. The fourth-order valence-corrected chi connectivity index (χ4v) is 10.3. The standard InChI is InChI=1S/C29H31N2Si/c1-6-32(7-2,8-3)24-14-10-12-21-22-17-18-30(5)29-25-19(4)15-16-20-11-9-13-23(26(20)25)31(27(21)24)28(22)29/h9-18H,6-8H2,1-5H3/q+1. The summed E-state index contributed by atoms with van der Waals surface area (Å²) >= 11 is 0. The van der Waals surface area contributed by atoms with Gasteiger partial charge in [-0.25, -0.2) is 0 Å². The Kier molecular flexibility index (Phi) is 4.19. The number of para-hydroxylation sites is 1. The van der Waals surface area contributed by atoms with Crippen LogP contribution in [0, 0.1) is 6.92 Å². The van der Waals surface area contributed by atoms with Crippen LogP contribution in [0.15, 0.2) is 60.8 Å². The van der Waals surface area contributed by atoms with E-state index in [4.69, 9.17) is 0 Å². The molecule has 0 saturated heterocycles. The van der Waals surface area contributed by atoms with Gasteiger partial charge in [0.25, 0.3) is 0 Å². The molecule has 0 unspecified atom stereocenters. The van der Waals surface area contributed by atoms with Gasteiger partial charge in [0.1, 0.15) is 12.6 Å². The van der Waals surface area contributed by atoms with Gasteiger partial charge < -0.3 is 4.40 Å². The van der Waals surface area contributed by atoms with Crippen molar-refractivity contribution in [1.82, 2.24) is 4.40 Å². The van der Waals surface area contributed by atoms with Crippen molar-refractivity contribution in [2.75, 3.05) is 0 Å². The number of aryl methyl sites for hydroxylation is 2. The molecule has 3 heteroatoms. The third kappa shape index (κ3) is 2.27. The second-order valence-electron chi connectivity index (χ2n) is 9.55. The number of nitrogens with zero attached hydrogens (tertiary/aromatic N) is 2. The van der Waals surface area contributed by atoms with Crippen LogP contribution in [0.3, 0.4) is 0 Å². The van der Waals surface area contributed by atoms with Crippen LogP contribution in [-0.2, 0) is 7.05 Å². The second kappa shape index (κ2) is 6.79. The summed E-state index contributed by atoms with van der Waals surface area (Å²) < 4.78 is 4.96. The maximum atomic E-state index is 2.63. The van der Waals surface area contributed by atoms with Crippen LogP contribution in [0.4, 0.5) is 0 Å². The summed E-state index contributed by atoms with van der Waals surface area (Å²) in [5.41, 5.74) is 6.88. The van der Waals surface area contributed by atoms with E-state index in [-0.39, 0.29) is 0 Å². The smallest absolute Gasteiger partial charge is 0.238 e. The number of aromatic nitrogens is 2. The van der Waals surface area contributed by atoms with E-state index in [9.17, 15) is 0 Å². The first-order chi connectivity index (χ1) is 15.6. The van der Waals surface area contributed by atoms with E-state index in [2.05, 4.69) is 105 Å². The van der Waals surface area contributed by atoms with Gasteiger partial charge in [0.15, 0.2) is 6.20 Å². The summed E-state index contributed by atoms with van der Waals surface area (Å²) in [6, 6.07) is 24.7. The Morgan fingerprint density at radius 3 is 2.25 bits per heavy atom. The van der Waals surface area contributed by atoms with E-state index < -0.39 is 8.07 Å². The molecule has 3 aromatic carbocycles. The molecule has 3 aromatic heterocycles. The van der Waals surface area contributed by atoms with Crippen molar-refractivity contribution in [3.05, 3.63) is 66.4 Å². The Morgan fingerprint density at radius 1 is 0.781 bits per heavy atom. The number of hydrogen-bond donors (Lipinski definition) is 0. The molecule has 0 saturated carbocycles. The minimum absolute atomic E-state index is 1.29. The fourth-order valence-electron chi connectivity index (χ4n) is 6.43. The van der Waals surface area contributed by atoms with Crippen LogP contribution < -0.4 is 9.75 Å². The predicted octanol–water partition coefficient (Wildman–Crippen LogP) is 6.84. The van der Waals surface area contributed by atoms with Gasteiger partial charge in [-0.2, -0.15) is 4.57 Å². The molecule has 3 heterocycles. The lowest BCUT2D eigenvalue weighted by Gasteiger charge is -2.29. The molecular formula is C29H31N2Si+. The quantitative estimate of drug-likeness (QED) is 0.124. The van der Waals surface area contributed by atoms with Gasteiger partial charge in [-0.15, -0.1) is 0 Å². The predicted molar refractivity (Wildman–Crippen MR) is 141 cm³/mol. The SMILES string of the molecule is CC[Si](CC)(CC)c1cccc2c3cc[n+](C)c4c5c(C)ccc6cccc(c65)n(c12)c34. The maximum Gasteiger partial charge on any atom is 0.238 e. The van der Waals surface area contributed by atoms with Crippen molar-refractivity contribution in [3.8, 4) is 0 Å². The minimum atomic E-state index is -1.59. The third-order valence-corrected chi connectivity index (χ3v) is 14.0. The average Bonchev–Trinajstić information content (AvgIpc) is 3.16. The van der Waals surface area contributed by atoms with E-state index in [1.165, 1.54) is 72.7 Å². The molecular weight excluding hydrogens is 404 g/mol. The highest BCUT2D eigenvalue weighted by Crippen LogP contribution is 2.40. The van der Waals surface area contributed by atoms with Crippen molar-refractivity contribution < 1.29 is 4.57 Å².